The van der Waals surface area contributed by atoms with Crippen molar-refractivity contribution < 1.29 is 9.53 Å². The lowest BCUT2D eigenvalue weighted by atomic mass is 10.4. The minimum Gasteiger partial charge on any atom is -0.455 e. The molecule has 0 amide bonds. The highest BCUT2D eigenvalue weighted by atomic mass is 35.5. The molecule has 7 heteroatoms. The van der Waals surface area contributed by atoms with Crippen molar-refractivity contribution in [1.29, 1.82) is 0 Å². The van der Waals surface area contributed by atoms with E-state index in [1.807, 2.05) is 0 Å². The number of thiophene rings is 1. The summed E-state index contributed by atoms with van der Waals surface area (Å²) in [4.78, 5) is 23.6. The van der Waals surface area contributed by atoms with E-state index in [4.69, 9.17) is 16.3 Å². The summed E-state index contributed by atoms with van der Waals surface area (Å²) in [5.41, 5.74) is -0.184. The molecule has 18 heavy (non-hydrogen) atoms. The monoisotopic (exact) mass is 284 g/mol. The molecule has 94 valence electrons. The van der Waals surface area contributed by atoms with Gasteiger partial charge in [-0.2, -0.15) is 5.10 Å². The fourth-order valence-electron chi connectivity index (χ4n) is 1.25. The highest BCUT2D eigenvalue weighted by molar-refractivity contribution is 7.16. The maximum atomic E-state index is 11.7. The summed E-state index contributed by atoms with van der Waals surface area (Å²) in [6, 6.07) is 6.13. The molecule has 0 unspecified atom stereocenters. The van der Waals surface area contributed by atoms with Gasteiger partial charge in [0.05, 0.1) is 4.34 Å². The third-order valence-electron chi connectivity index (χ3n) is 2.14. The SMILES string of the molecule is Cn1nc(C(=O)OCc2ccc(Cl)s2)ccc1=O. The van der Waals surface area contributed by atoms with Crippen LogP contribution in [0.2, 0.25) is 4.34 Å². The highest BCUT2D eigenvalue weighted by Crippen LogP contribution is 2.22. The Kier molecular flexibility index (Phi) is 3.78. The van der Waals surface area contributed by atoms with Crippen molar-refractivity contribution in [2.75, 3.05) is 0 Å². The molecule has 2 rings (SSSR count). The number of nitrogens with zero attached hydrogens (tertiary/aromatic N) is 2. The lowest BCUT2D eigenvalue weighted by Crippen LogP contribution is -2.21. The first-order valence-electron chi connectivity index (χ1n) is 5.02. The molecule has 0 atom stereocenters. The Morgan fingerprint density at radius 2 is 2.22 bits per heavy atom. The molecule has 2 heterocycles. The smallest absolute Gasteiger partial charge is 0.359 e. The van der Waals surface area contributed by atoms with Crippen LogP contribution in [-0.4, -0.2) is 15.7 Å². The molecule has 2 aromatic rings. The second kappa shape index (κ2) is 5.32. The fraction of sp³-hybridized carbons (Fsp3) is 0.182. The van der Waals surface area contributed by atoms with Crippen LogP contribution in [-0.2, 0) is 18.4 Å². The first-order chi connectivity index (χ1) is 8.56. The standard InChI is InChI=1S/C11H9ClN2O3S/c1-14-10(15)5-3-8(13-14)11(16)17-6-7-2-4-9(12)18-7/h2-5H,6H2,1H3. The van der Waals surface area contributed by atoms with Gasteiger partial charge < -0.3 is 4.74 Å². The number of rotatable bonds is 3. The summed E-state index contributed by atoms with van der Waals surface area (Å²) in [5.74, 6) is -0.574. The summed E-state index contributed by atoms with van der Waals surface area (Å²) in [5, 5.41) is 3.80. The molecule has 5 nitrogen and oxygen atoms in total. The number of halogens is 1. The maximum Gasteiger partial charge on any atom is 0.359 e. The third-order valence-corrected chi connectivity index (χ3v) is 3.35. The molecule has 0 bridgehead atoms. The van der Waals surface area contributed by atoms with Crippen LogP contribution in [0.5, 0.6) is 0 Å². The number of hydrogen-bond acceptors (Lipinski definition) is 5. The van der Waals surface area contributed by atoms with Gasteiger partial charge in [0.2, 0.25) is 0 Å². The Balaban J connectivity index is 2.03. The summed E-state index contributed by atoms with van der Waals surface area (Å²) in [6.45, 7) is 0.140. The van der Waals surface area contributed by atoms with Crippen molar-refractivity contribution in [2.45, 2.75) is 6.61 Å². The van der Waals surface area contributed by atoms with Gasteiger partial charge in [0, 0.05) is 18.0 Å². The van der Waals surface area contributed by atoms with Crippen LogP contribution < -0.4 is 5.56 Å². The van der Waals surface area contributed by atoms with Gasteiger partial charge in [0.25, 0.3) is 5.56 Å². The van der Waals surface area contributed by atoms with Crippen LogP contribution in [0.1, 0.15) is 15.4 Å². The number of ether oxygens (including phenoxy) is 1. The Hall–Kier alpha value is -1.66. The van der Waals surface area contributed by atoms with Gasteiger partial charge in [-0.25, -0.2) is 9.48 Å². The van der Waals surface area contributed by atoms with Gasteiger partial charge in [0.15, 0.2) is 5.69 Å². The normalized spacial score (nSPS) is 10.3. The van der Waals surface area contributed by atoms with E-state index in [-0.39, 0.29) is 17.9 Å². The van der Waals surface area contributed by atoms with Gasteiger partial charge >= 0.3 is 5.97 Å². The predicted octanol–water partition coefficient (Wildman–Crippen LogP) is 1.85. The first kappa shape index (κ1) is 12.8. The zero-order valence-electron chi connectivity index (χ0n) is 9.42. The van der Waals surface area contributed by atoms with Gasteiger partial charge in [-0.1, -0.05) is 11.6 Å². The molecule has 0 aromatic carbocycles. The second-order valence-corrected chi connectivity index (χ2v) is 5.26. The number of aromatic nitrogens is 2. The largest absolute Gasteiger partial charge is 0.455 e. The van der Waals surface area contributed by atoms with Crippen LogP contribution >= 0.6 is 22.9 Å². The molecule has 2 aromatic heterocycles. The lowest BCUT2D eigenvalue weighted by Gasteiger charge is -2.03. The van der Waals surface area contributed by atoms with Crippen LogP contribution in [0.3, 0.4) is 0 Å². The van der Waals surface area contributed by atoms with E-state index >= 15 is 0 Å². The number of hydrogen-bond donors (Lipinski definition) is 0. The van der Waals surface area contributed by atoms with Gasteiger partial charge in [-0.3, -0.25) is 4.79 Å². The zero-order valence-corrected chi connectivity index (χ0v) is 11.0. The Bertz CT molecular complexity index is 635. The van der Waals surface area contributed by atoms with Crippen molar-refractivity contribution in [3.05, 3.63) is 49.5 Å². The molecular weight excluding hydrogens is 276 g/mol. The summed E-state index contributed by atoms with van der Waals surface area (Å²) in [7, 11) is 1.47. The van der Waals surface area contributed by atoms with Gasteiger partial charge in [-0.15, -0.1) is 11.3 Å². The van der Waals surface area contributed by atoms with E-state index in [0.29, 0.717) is 4.34 Å². The molecular formula is C11H9ClN2O3S. The van der Waals surface area contributed by atoms with Crippen LogP contribution in [0.15, 0.2) is 29.1 Å². The fourth-order valence-corrected chi connectivity index (χ4v) is 2.25. The minimum absolute atomic E-state index is 0.0970. The quantitative estimate of drug-likeness (QED) is 0.807. The summed E-state index contributed by atoms with van der Waals surface area (Å²) < 4.78 is 6.78. The topological polar surface area (TPSA) is 61.2 Å². The maximum absolute atomic E-state index is 11.7. The Morgan fingerprint density at radius 3 is 2.83 bits per heavy atom. The average Bonchev–Trinajstić information content (AvgIpc) is 2.75. The van der Waals surface area contributed by atoms with Crippen molar-refractivity contribution in [3.8, 4) is 0 Å². The predicted molar refractivity (Wildman–Crippen MR) is 67.9 cm³/mol. The van der Waals surface area contributed by atoms with Gasteiger partial charge in [-0.05, 0) is 18.2 Å². The second-order valence-electron chi connectivity index (χ2n) is 3.46. The zero-order chi connectivity index (χ0) is 13.1. The molecule has 0 aliphatic rings. The van der Waals surface area contributed by atoms with Crippen LogP contribution in [0.4, 0.5) is 0 Å². The van der Waals surface area contributed by atoms with Crippen molar-refractivity contribution in [2.24, 2.45) is 7.05 Å². The highest BCUT2D eigenvalue weighted by Gasteiger charge is 2.10. The molecule has 0 radical (unpaired) electrons. The van der Waals surface area contributed by atoms with E-state index < -0.39 is 5.97 Å². The number of carbonyl (C=O) groups is 1. The van der Waals surface area contributed by atoms with E-state index in [9.17, 15) is 9.59 Å². The Labute approximate surface area is 112 Å². The number of aryl methyl sites for hydroxylation is 1. The lowest BCUT2D eigenvalue weighted by molar-refractivity contribution is 0.0467. The van der Waals surface area contributed by atoms with Gasteiger partial charge in [0.1, 0.15) is 6.61 Å². The molecule has 0 aliphatic carbocycles. The molecule has 0 N–H and O–H groups in total. The summed E-state index contributed by atoms with van der Waals surface area (Å²) >= 11 is 7.10. The van der Waals surface area contributed by atoms with Crippen LogP contribution in [0.25, 0.3) is 0 Å². The molecule has 0 saturated heterocycles. The van der Waals surface area contributed by atoms with Crippen LogP contribution in [0, 0.1) is 0 Å². The molecule has 0 spiro atoms. The first-order valence-corrected chi connectivity index (χ1v) is 6.21. The molecule has 0 aliphatic heterocycles. The Morgan fingerprint density at radius 1 is 1.44 bits per heavy atom. The van der Waals surface area contributed by atoms with E-state index in [0.717, 1.165) is 9.56 Å². The van der Waals surface area contributed by atoms with E-state index in [2.05, 4.69) is 5.10 Å². The van der Waals surface area contributed by atoms with Crippen molar-refractivity contribution in [3.63, 3.8) is 0 Å². The summed E-state index contributed by atoms with van der Waals surface area (Å²) in [6.07, 6.45) is 0. The van der Waals surface area contributed by atoms with E-state index in [1.165, 1.54) is 30.5 Å². The van der Waals surface area contributed by atoms with E-state index in [1.54, 1.807) is 12.1 Å². The average molecular weight is 285 g/mol. The minimum atomic E-state index is -0.574. The molecule has 0 fully saturated rings. The number of esters is 1. The molecule has 0 saturated carbocycles. The van der Waals surface area contributed by atoms with Crippen molar-refractivity contribution in [1.82, 2.24) is 9.78 Å². The third kappa shape index (κ3) is 2.96. The van der Waals surface area contributed by atoms with Crippen molar-refractivity contribution >= 4 is 28.9 Å². The number of carbonyl (C=O) groups excluding carboxylic acids is 1.